The van der Waals surface area contributed by atoms with Gasteiger partial charge in [-0.1, -0.05) is 24.3 Å². The Balaban J connectivity index is 2.54. The summed E-state index contributed by atoms with van der Waals surface area (Å²) in [5.41, 5.74) is 3.08. The fraction of sp³-hybridized carbons (Fsp3) is 0.300. The monoisotopic (exact) mass is 340 g/mol. The van der Waals surface area contributed by atoms with Gasteiger partial charge in [0.2, 0.25) is 0 Å². The minimum absolute atomic E-state index is 0.158. The number of anilines is 1. The smallest absolute Gasteiger partial charge is 0.355 e. The molecule has 0 saturated heterocycles. The van der Waals surface area contributed by atoms with Crippen LogP contribution in [0.15, 0.2) is 43.0 Å². The molecule has 25 heavy (non-hydrogen) atoms. The molecule has 0 atom stereocenters. The summed E-state index contributed by atoms with van der Waals surface area (Å²) < 4.78 is 6.95. The van der Waals surface area contributed by atoms with E-state index in [2.05, 4.69) is 6.58 Å². The van der Waals surface area contributed by atoms with Crippen LogP contribution in [0, 0.1) is 13.8 Å². The highest BCUT2D eigenvalue weighted by Gasteiger charge is 2.28. The lowest BCUT2D eigenvalue weighted by Crippen LogP contribution is -2.27. The summed E-state index contributed by atoms with van der Waals surface area (Å²) in [5, 5.41) is 0. The van der Waals surface area contributed by atoms with Crippen LogP contribution in [0.1, 0.15) is 39.0 Å². The van der Waals surface area contributed by atoms with Crippen LogP contribution in [-0.2, 0) is 11.3 Å². The predicted molar refractivity (Wildman–Crippen MR) is 99.2 cm³/mol. The first-order valence-corrected chi connectivity index (χ1v) is 8.24. The summed E-state index contributed by atoms with van der Waals surface area (Å²) in [7, 11) is 1.73. The van der Waals surface area contributed by atoms with Crippen LogP contribution in [0.3, 0.4) is 0 Å². The van der Waals surface area contributed by atoms with Crippen molar-refractivity contribution in [1.82, 2.24) is 4.57 Å². The molecule has 2 aromatic rings. The standard InChI is InChI=1S/C20H24N2O3/c1-6-13-22-15(4)17(14(3)18(22)20(24)25-7-2)19(23)21(5)16-11-9-8-10-12-16/h6,8-12H,1,7,13H2,2-5H3. The van der Waals surface area contributed by atoms with Gasteiger partial charge in [-0.3, -0.25) is 4.79 Å². The van der Waals surface area contributed by atoms with Crippen molar-refractivity contribution in [3.05, 3.63) is 65.5 Å². The highest BCUT2D eigenvalue weighted by atomic mass is 16.5. The van der Waals surface area contributed by atoms with Gasteiger partial charge in [-0.15, -0.1) is 6.58 Å². The lowest BCUT2D eigenvalue weighted by Gasteiger charge is -2.18. The number of ether oxygens (including phenoxy) is 1. The van der Waals surface area contributed by atoms with Gasteiger partial charge in [0.1, 0.15) is 5.69 Å². The molecule has 1 aromatic heterocycles. The second-order valence-electron chi connectivity index (χ2n) is 5.75. The number of benzene rings is 1. The average molecular weight is 340 g/mol. The van der Waals surface area contributed by atoms with Crippen molar-refractivity contribution in [3.8, 4) is 0 Å². The molecule has 0 spiro atoms. The highest BCUT2D eigenvalue weighted by molar-refractivity contribution is 6.09. The number of allylic oxidation sites excluding steroid dienone is 1. The van der Waals surface area contributed by atoms with Gasteiger partial charge in [-0.05, 0) is 38.5 Å². The summed E-state index contributed by atoms with van der Waals surface area (Å²) in [6.07, 6.45) is 1.70. The molecule has 1 aromatic carbocycles. The van der Waals surface area contributed by atoms with Crippen LogP contribution in [0.4, 0.5) is 5.69 Å². The Kier molecular flexibility index (Phi) is 5.80. The molecule has 0 fully saturated rings. The number of carbonyl (C=O) groups excluding carboxylic acids is 2. The van der Waals surface area contributed by atoms with E-state index < -0.39 is 5.97 Å². The van der Waals surface area contributed by atoms with E-state index in [1.165, 1.54) is 0 Å². The molecule has 5 heteroatoms. The summed E-state index contributed by atoms with van der Waals surface area (Å²) in [6.45, 7) is 9.84. The maximum absolute atomic E-state index is 13.1. The molecule has 0 radical (unpaired) electrons. The lowest BCUT2D eigenvalue weighted by molar-refractivity contribution is 0.0513. The second-order valence-corrected chi connectivity index (χ2v) is 5.75. The Labute approximate surface area is 148 Å². The van der Waals surface area contributed by atoms with E-state index >= 15 is 0 Å². The minimum atomic E-state index is -0.425. The van der Waals surface area contributed by atoms with Gasteiger partial charge in [0.15, 0.2) is 0 Å². The summed E-state index contributed by atoms with van der Waals surface area (Å²) in [6, 6.07) is 9.40. The Morgan fingerprint density at radius 1 is 1.24 bits per heavy atom. The van der Waals surface area contributed by atoms with E-state index in [0.29, 0.717) is 23.4 Å². The molecule has 1 amide bonds. The third-order valence-electron chi connectivity index (χ3n) is 4.21. The van der Waals surface area contributed by atoms with E-state index in [4.69, 9.17) is 4.74 Å². The molecule has 132 valence electrons. The average Bonchev–Trinajstić information content (AvgIpc) is 2.85. The highest BCUT2D eigenvalue weighted by Crippen LogP contribution is 2.26. The maximum Gasteiger partial charge on any atom is 0.355 e. The van der Waals surface area contributed by atoms with Crippen LogP contribution in [0.2, 0.25) is 0 Å². The predicted octanol–water partition coefficient (Wildman–Crippen LogP) is 3.74. The number of carbonyl (C=O) groups is 2. The first-order chi connectivity index (χ1) is 11.9. The van der Waals surface area contributed by atoms with Gasteiger partial charge in [0.25, 0.3) is 5.91 Å². The van der Waals surface area contributed by atoms with Crippen molar-refractivity contribution >= 4 is 17.6 Å². The molecule has 0 aliphatic carbocycles. The third-order valence-corrected chi connectivity index (χ3v) is 4.21. The molecule has 0 saturated carbocycles. The fourth-order valence-corrected chi connectivity index (χ4v) is 2.97. The molecule has 0 aliphatic heterocycles. The van der Waals surface area contributed by atoms with E-state index in [9.17, 15) is 9.59 Å². The number of para-hydroxylation sites is 1. The van der Waals surface area contributed by atoms with Crippen molar-refractivity contribution in [2.45, 2.75) is 27.3 Å². The van der Waals surface area contributed by atoms with Crippen LogP contribution >= 0.6 is 0 Å². The van der Waals surface area contributed by atoms with Crippen LogP contribution < -0.4 is 4.90 Å². The largest absolute Gasteiger partial charge is 0.461 e. The zero-order chi connectivity index (χ0) is 18.6. The molecule has 2 rings (SSSR count). The van der Waals surface area contributed by atoms with E-state index in [1.807, 2.05) is 37.3 Å². The number of nitrogens with zero attached hydrogens (tertiary/aromatic N) is 2. The number of aromatic nitrogens is 1. The first kappa shape index (κ1) is 18.5. The Hall–Kier alpha value is -2.82. The number of hydrogen-bond acceptors (Lipinski definition) is 3. The van der Waals surface area contributed by atoms with Gasteiger partial charge in [0, 0.05) is 25.0 Å². The van der Waals surface area contributed by atoms with E-state index in [1.54, 1.807) is 36.4 Å². The van der Waals surface area contributed by atoms with Crippen molar-refractivity contribution < 1.29 is 14.3 Å². The second kappa shape index (κ2) is 7.83. The molecule has 0 aliphatic rings. The molecular formula is C20H24N2O3. The van der Waals surface area contributed by atoms with Crippen molar-refractivity contribution in [1.29, 1.82) is 0 Å². The Morgan fingerprint density at radius 2 is 1.88 bits per heavy atom. The SMILES string of the molecule is C=CCn1c(C)c(C(=O)N(C)c2ccccc2)c(C)c1C(=O)OCC. The molecule has 0 bridgehead atoms. The topological polar surface area (TPSA) is 51.5 Å². The number of esters is 1. The summed E-state index contributed by atoms with van der Waals surface area (Å²) in [5.74, 6) is -0.582. The number of hydrogen-bond donors (Lipinski definition) is 0. The molecule has 5 nitrogen and oxygen atoms in total. The number of amides is 1. The van der Waals surface area contributed by atoms with Crippen molar-refractivity contribution in [2.24, 2.45) is 0 Å². The van der Waals surface area contributed by atoms with Crippen LogP contribution in [0.25, 0.3) is 0 Å². The molecule has 0 N–H and O–H groups in total. The number of rotatable bonds is 6. The molecule has 0 unspecified atom stereocenters. The van der Waals surface area contributed by atoms with Crippen molar-refractivity contribution in [2.75, 3.05) is 18.6 Å². The lowest BCUT2D eigenvalue weighted by atomic mass is 10.1. The molecule has 1 heterocycles. The van der Waals surface area contributed by atoms with Gasteiger partial charge in [0.05, 0.1) is 12.2 Å². The quantitative estimate of drug-likeness (QED) is 0.594. The Morgan fingerprint density at radius 3 is 2.44 bits per heavy atom. The third kappa shape index (κ3) is 3.50. The Bertz CT molecular complexity index is 791. The zero-order valence-electron chi connectivity index (χ0n) is 15.2. The first-order valence-electron chi connectivity index (χ1n) is 8.24. The fourth-order valence-electron chi connectivity index (χ4n) is 2.97. The van der Waals surface area contributed by atoms with Gasteiger partial charge in [-0.2, -0.15) is 0 Å². The summed E-state index contributed by atoms with van der Waals surface area (Å²) >= 11 is 0. The van der Waals surface area contributed by atoms with Crippen molar-refractivity contribution in [3.63, 3.8) is 0 Å². The van der Waals surface area contributed by atoms with Gasteiger partial charge >= 0.3 is 5.97 Å². The van der Waals surface area contributed by atoms with Crippen LogP contribution in [0.5, 0.6) is 0 Å². The molecular weight excluding hydrogens is 316 g/mol. The van der Waals surface area contributed by atoms with E-state index in [0.717, 1.165) is 11.4 Å². The zero-order valence-corrected chi connectivity index (χ0v) is 15.2. The summed E-state index contributed by atoms with van der Waals surface area (Å²) in [4.78, 5) is 27.0. The normalized spacial score (nSPS) is 10.4. The maximum atomic E-state index is 13.1. The minimum Gasteiger partial charge on any atom is -0.461 e. The van der Waals surface area contributed by atoms with E-state index in [-0.39, 0.29) is 12.5 Å². The van der Waals surface area contributed by atoms with Gasteiger partial charge < -0.3 is 14.2 Å². The van der Waals surface area contributed by atoms with Gasteiger partial charge in [-0.25, -0.2) is 4.79 Å². The van der Waals surface area contributed by atoms with Crippen LogP contribution in [-0.4, -0.2) is 30.1 Å².